The highest BCUT2D eigenvalue weighted by Gasteiger charge is 2.12. The topological polar surface area (TPSA) is 64.1 Å². The maximum Gasteiger partial charge on any atom is 0.264 e. The Morgan fingerprint density at radius 1 is 1.38 bits per heavy atom. The van der Waals surface area contributed by atoms with Gasteiger partial charge in [-0.25, -0.2) is 0 Å². The van der Waals surface area contributed by atoms with Crippen molar-refractivity contribution in [2.45, 2.75) is 44.4 Å². The molecule has 1 N–H and O–H groups in total. The highest BCUT2D eigenvalue weighted by Crippen LogP contribution is 2.28. The molecule has 1 aromatic heterocycles. The summed E-state index contributed by atoms with van der Waals surface area (Å²) < 4.78 is 6.59. The van der Waals surface area contributed by atoms with Crippen LogP contribution in [0, 0.1) is 6.92 Å². The number of hydrogen-bond donors (Lipinski definition) is 1. The van der Waals surface area contributed by atoms with Gasteiger partial charge in [-0.2, -0.15) is 0 Å². The zero-order valence-corrected chi connectivity index (χ0v) is 16.1. The third-order valence-corrected chi connectivity index (χ3v) is 5.41. The molecule has 7 heteroatoms. The van der Waals surface area contributed by atoms with Gasteiger partial charge < -0.3 is 4.74 Å². The fourth-order valence-corrected chi connectivity index (χ4v) is 3.74. The van der Waals surface area contributed by atoms with Crippen molar-refractivity contribution in [2.24, 2.45) is 0 Å². The maximum absolute atomic E-state index is 12.1. The monoisotopic (exact) mass is 365 g/mol. The lowest BCUT2D eigenvalue weighted by Crippen LogP contribution is -2.20. The van der Waals surface area contributed by atoms with Crippen molar-refractivity contribution in [2.75, 3.05) is 17.7 Å². The average molecular weight is 366 g/mol. The number of thioether (sulfide) groups is 1. The van der Waals surface area contributed by atoms with Crippen LogP contribution in [0.25, 0.3) is 0 Å². The van der Waals surface area contributed by atoms with E-state index in [2.05, 4.69) is 48.4 Å². The van der Waals surface area contributed by atoms with Gasteiger partial charge in [0, 0.05) is 5.75 Å². The Labute approximate surface area is 151 Å². The minimum atomic E-state index is -0.227. The van der Waals surface area contributed by atoms with E-state index in [1.54, 1.807) is 11.8 Å². The zero-order chi connectivity index (χ0) is 17.5. The van der Waals surface area contributed by atoms with Crippen LogP contribution in [0.1, 0.15) is 44.2 Å². The van der Waals surface area contributed by atoms with E-state index in [4.69, 9.17) is 4.74 Å². The standard InChI is InChI=1S/C17H23N3O2S2/c1-5-8-23-17-20-19-16(24-17)18-15(21)10-22-14-9-12(4)6-7-13(14)11(2)3/h6-7,9,11H,5,8,10H2,1-4H3,(H,18,19,21). The van der Waals surface area contributed by atoms with Crippen molar-refractivity contribution in [3.63, 3.8) is 0 Å². The second-order valence-corrected chi connectivity index (χ2v) is 8.07. The third kappa shape index (κ3) is 5.49. The van der Waals surface area contributed by atoms with E-state index in [-0.39, 0.29) is 12.5 Å². The minimum Gasteiger partial charge on any atom is -0.483 e. The van der Waals surface area contributed by atoms with Gasteiger partial charge in [0.15, 0.2) is 10.9 Å². The first-order valence-corrected chi connectivity index (χ1v) is 9.79. The quantitative estimate of drug-likeness (QED) is 0.551. The molecule has 2 aromatic rings. The Morgan fingerprint density at radius 3 is 2.88 bits per heavy atom. The second-order valence-electron chi connectivity index (χ2n) is 5.75. The number of ether oxygens (including phenoxy) is 1. The van der Waals surface area contributed by atoms with Crippen molar-refractivity contribution >= 4 is 34.1 Å². The number of anilines is 1. The molecule has 0 saturated heterocycles. The number of amides is 1. The third-order valence-electron chi connectivity index (χ3n) is 3.23. The van der Waals surface area contributed by atoms with Crippen LogP contribution in [-0.4, -0.2) is 28.5 Å². The highest BCUT2D eigenvalue weighted by atomic mass is 32.2. The zero-order valence-electron chi connectivity index (χ0n) is 14.5. The van der Waals surface area contributed by atoms with Gasteiger partial charge in [0.05, 0.1) is 0 Å². The summed E-state index contributed by atoms with van der Waals surface area (Å²) in [5, 5.41) is 11.3. The molecule has 5 nitrogen and oxygen atoms in total. The number of nitrogens with zero attached hydrogens (tertiary/aromatic N) is 2. The van der Waals surface area contributed by atoms with Crippen molar-refractivity contribution in [3.8, 4) is 5.75 Å². The lowest BCUT2D eigenvalue weighted by molar-refractivity contribution is -0.118. The van der Waals surface area contributed by atoms with Crippen LogP contribution < -0.4 is 10.1 Å². The number of carbonyl (C=O) groups excluding carboxylic acids is 1. The second kappa shape index (κ2) is 9.03. The summed E-state index contributed by atoms with van der Waals surface area (Å²) in [6.45, 7) is 8.29. The highest BCUT2D eigenvalue weighted by molar-refractivity contribution is 8.01. The maximum atomic E-state index is 12.1. The number of aryl methyl sites for hydroxylation is 1. The number of hydrogen-bond acceptors (Lipinski definition) is 6. The van der Waals surface area contributed by atoms with Crippen molar-refractivity contribution < 1.29 is 9.53 Å². The molecule has 0 aliphatic carbocycles. The fourth-order valence-electron chi connectivity index (χ4n) is 2.05. The molecule has 130 valence electrons. The first-order chi connectivity index (χ1) is 11.5. The van der Waals surface area contributed by atoms with E-state index in [1.165, 1.54) is 11.3 Å². The molecule has 0 aliphatic rings. The Kier molecular flexibility index (Phi) is 7.05. The molecule has 0 aliphatic heterocycles. The molecular formula is C17H23N3O2S2. The van der Waals surface area contributed by atoms with Crippen LogP contribution in [0.15, 0.2) is 22.5 Å². The van der Waals surface area contributed by atoms with E-state index in [0.29, 0.717) is 11.0 Å². The lowest BCUT2D eigenvalue weighted by atomic mass is 10.0. The molecule has 1 amide bonds. The van der Waals surface area contributed by atoms with Gasteiger partial charge in [-0.15, -0.1) is 10.2 Å². The smallest absolute Gasteiger partial charge is 0.264 e. The van der Waals surface area contributed by atoms with E-state index in [0.717, 1.165) is 33.4 Å². The number of rotatable bonds is 8. The Morgan fingerprint density at radius 2 is 2.17 bits per heavy atom. The molecular weight excluding hydrogens is 342 g/mol. The lowest BCUT2D eigenvalue weighted by Gasteiger charge is -2.14. The first-order valence-electron chi connectivity index (χ1n) is 7.99. The van der Waals surface area contributed by atoms with Crippen molar-refractivity contribution in [3.05, 3.63) is 29.3 Å². The Balaban J connectivity index is 1.91. The molecule has 2 rings (SSSR count). The molecule has 0 spiro atoms. The molecule has 0 atom stereocenters. The van der Waals surface area contributed by atoms with Crippen LogP contribution in [0.5, 0.6) is 5.75 Å². The molecule has 0 unspecified atom stereocenters. The van der Waals surface area contributed by atoms with E-state index in [1.807, 2.05) is 13.0 Å². The summed E-state index contributed by atoms with van der Waals surface area (Å²) in [4.78, 5) is 12.1. The van der Waals surface area contributed by atoms with Crippen molar-refractivity contribution in [1.82, 2.24) is 10.2 Å². The average Bonchev–Trinajstić information content (AvgIpc) is 2.98. The predicted molar refractivity (Wildman–Crippen MR) is 100 cm³/mol. The molecule has 0 fully saturated rings. The van der Waals surface area contributed by atoms with Crippen LogP contribution >= 0.6 is 23.1 Å². The van der Waals surface area contributed by atoms with E-state index >= 15 is 0 Å². The first kappa shape index (κ1) is 18.7. The van der Waals surface area contributed by atoms with Crippen molar-refractivity contribution in [1.29, 1.82) is 0 Å². The molecule has 0 bridgehead atoms. The SMILES string of the molecule is CCCSc1nnc(NC(=O)COc2cc(C)ccc2C(C)C)s1. The van der Waals surface area contributed by atoms with Gasteiger partial charge in [-0.05, 0) is 36.5 Å². The summed E-state index contributed by atoms with van der Waals surface area (Å²) in [5.41, 5.74) is 2.21. The summed E-state index contributed by atoms with van der Waals surface area (Å²) in [6, 6.07) is 6.07. The van der Waals surface area contributed by atoms with Gasteiger partial charge >= 0.3 is 0 Å². The van der Waals surface area contributed by atoms with Crippen LogP contribution in [0.4, 0.5) is 5.13 Å². The molecule has 24 heavy (non-hydrogen) atoms. The van der Waals surface area contributed by atoms with Gasteiger partial charge in [0.2, 0.25) is 5.13 Å². The minimum absolute atomic E-state index is 0.0415. The molecule has 0 radical (unpaired) electrons. The predicted octanol–water partition coefficient (Wildman–Crippen LogP) is 4.49. The Bertz CT molecular complexity index is 686. The van der Waals surface area contributed by atoms with Gasteiger partial charge in [0.25, 0.3) is 5.91 Å². The normalized spacial score (nSPS) is 10.9. The van der Waals surface area contributed by atoms with Gasteiger partial charge in [-0.1, -0.05) is 56.0 Å². The number of aromatic nitrogens is 2. The largest absolute Gasteiger partial charge is 0.483 e. The van der Waals surface area contributed by atoms with Crippen LogP contribution in [0.3, 0.4) is 0 Å². The summed E-state index contributed by atoms with van der Waals surface area (Å²) in [5.74, 6) is 1.87. The Hall–Kier alpha value is -1.60. The van der Waals surface area contributed by atoms with Gasteiger partial charge in [0.1, 0.15) is 5.75 Å². The van der Waals surface area contributed by atoms with Crippen LogP contribution in [0.2, 0.25) is 0 Å². The van der Waals surface area contributed by atoms with Gasteiger partial charge in [-0.3, -0.25) is 10.1 Å². The summed E-state index contributed by atoms with van der Waals surface area (Å²) >= 11 is 3.03. The summed E-state index contributed by atoms with van der Waals surface area (Å²) in [7, 11) is 0. The molecule has 1 heterocycles. The van der Waals surface area contributed by atoms with Crippen LogP contribution in [-0.2, 0) is 4.79 Å². The summed E-state index contributed by atoms with van der Waals surface area (Å²) in [6.07, 6.45) is 1.08. The molecule has 1 aromatic carbocycles. The molecule has 0 saturated carbocycles. The number of benzene rings is 1. The number of carbonyl (C=O) groups is 1. The van der Waals surface area contributed by atoms with E-state index in [9.17, 15) is 4.79 Å². The fraction of sp³-hybridized carbons (Fsp3) is 0.471. The van der Waals surface area contributed by atoms with E-state index < -0.39 is 0 Å². The number of nitrogens with one attached hydrogen (secondary N) is 1.